The fraction of sp³-hybridized carbons (Fsp3) is 0.600. The summed E-state index contributed by atoms with van der Waals surface area (Å²) in [6.45, 7) is 4.03. The predicted molar refractivity (Wildman–Crippen MR) is 78.0 cm³/mol. The number of piperidine rings is 1. The van der Waals surface area contributed by atoms with Crippen LogP contribution in [0.4, 0.5) is 4.39 Å². The molecule has 4 heteroatoms. The molecule has 106 valence electrons. The number of hydrogen-bond acceptors (Lipinski definition) is 2. The number of hydrogen-bond donors (Lipinski definition) is 1. The van der Waals surface area contributed by atoms with Crippen LogP contribution < -0.4 is 5.32 Å². The van der Waals surface area contributed by atoms with E-state index < -0.39 is 0 Å². The highest BCUT2D eigenvalue weighted by Crippen LogP contribution is 2.20. The molecule has 0 unspecified atom stereocenters. The van der Waals surface area contributed by atoms with Crippen molar-refractivity contribution in [1.82, 2.24) is 10.2 Å². The summed E-state index contributed by atoms with van der Waals surface area (Å²) >= 11 is 5.92. The third kappa shape index (κ3) is 4.44. The van der Waals surface area contributed by atoms with Gasteiger partial charge in [0.25, 0.3) is 0 Å². The van der Waals surface area contributed by atoms with Gasteiger partial charge < -0.3 is 10.2 Å². The van der Waals surface area contributed by atoms with Gasteiger partial charge in [0.1, 0.15) is 5.82 Å². The van der Waals surface area contributed by atoms with Crippen molar-refractivity contribution in [3.63, 3.8) is 0 Å². The van der Waals surface area contributed by atoms with Gasteiger partial charge in [-0.1, -0.05) is 23.7 Å². The summed E-state index contributed by atoms with van der Waals surface area (Å²) in [5.41, 5.74) is 0.838. The molecule has 1 aromatic rings. The molecule has 0 spiro atoms. The molecule has 0 aliphatic carbocycles. The molecule has 0 bridgehead atoms. The molecular formula is C15H22ClFN2. The summed E-state index contributed by atoms with van der Waals surface area (Å²) in [6.07, 6.45) is 3.78. The molecule has 2 rings (SSSR count). The van der Waals surface area contributed by atoms with E-state index in [1.807, 2.05) is 6.07 Å². The second-order valence-electron chi connectivity index (χ2n) is 5.43. The molecule has 1 aromatic carbocycles. The zero-order valence-corrected chi connectivity index (χ0v) is 12.2. The Labute approximate surface area is 119 Å². The average Bonchev–Trinajstić information content (AvgIpc) is 2.41. The minimum absolute atomic E-state index is 0.245. The van der Waals surface area contributed by atoms with E-state index in [-0.39, 0.29) is 10.8 Å². The van der Waals surface area contributed by atoms with Crippen molar-refractivity contribution in [2.24, 2.45) is 5.92 Å². The van der Waals surface area contributed by atoms with Crippen molar-refractivity contribution in [2.45, 2.75) is 25.8 Å². The molecule has 0 aromatic heterocycles. The molecule has 1 saturated heterocycles. The smallest absolute Gasteiger partial charge is 0.142 e. The summed E-state index contributed by atoms with van der Waals surface area (Å²) in [7, 11) is 2.18. The fourth-order valence-corrected chi connectivity index (χ4v) is 2.76. The van der Waals surface area contributed by atoms with Gasteiger partial charge in [0.15, 0.2) is 0 Å². The summed E-state index contributed by atoms with van der Waals surface area (Å²) in [6, 6.07) is 4.97. The third-order valence-electron chi connectivity index (χ3n) is 3.91. The van der Waals surface area contributed by atoms with Gasteiger partial charge in [-0.3, -0.25) is 0 Å². The summed E-state index contributed by atoms with van der Waals surface area (Å²) < 4.78 is 13.3. The van der Waals surface area contributed by atoms with Crippen molar-refractivity contribution < 1.29 is 4.39 Å². The van der Waals surface area contributed by atoms with Gasteiger partial charge in [0.05, 0.1) is 5.02 Å². The lowest BCUT2D eigenvalue weighted by atomic mass is 9.94. The Morgan fingerprint density at radius 1 is 1.37 bits per heavy atom. The van der Waals surface area contributed by atoms with E-state index in [9.17, 15) is 4.39 Å². The Kier molecular flexibility index (Phi) is 5.61. The zero-order valence-electron chi connectivity index (χ0n) is 11.5. The predicted octanol–water partition coefficient (Wildman–Crippen LogP) is 3.30. The van der Waals surface area contributed by atoms with Crippen molar-refractivity contribution in [1.29, 1.82) is 0 Å². The number of nitrogens with zero attached hydrogens (tertiary/aromatic N) is 1. The Bertz CT molecular complexity index is 403. The topological polar surface area (TPSA) is 15.3 Å². The van der Waals surface area contributed by atoms with Crippen LogP contribution in [0.3, 0.4) is 0 Å². The van der Waals surface area contributed by atoms with Crippen molar-refractivity contribution in [2.75, 3.05) is 26.7 Å². The molecular weight excluding hydrogens is 263 g/mol. The van der Waals surface area contributed by atoms with E-state index in [2.05, 4.69) is 17.3 Å². The highest BCUT2D eigenvalue weighted by molar-refractivity contribution is 6.31. The Morgan fingerprint density at radius 3 is 2.84 bits per heavy atom. The lowest BCUT2D eigenvalue weighted by molar-refractivity contribution is 0.211. The highest BCUT2D eigenvalue weighted by atomic mass is 35.5. The first-order valence-corrected chi connectivity index (χ1v) is 7.37. The first-order chi connectivity index (χ1) is 9.16. The molecule has 1 aliphatic heterocycles. The summed E-state index contributed by atoms with van der Waals surface area (Å²) in [4.78, 5) is 2.39. The standard InChI is InChI=1S/C15H22ClFN2/c1-19-9-6-12(7-10-19)5-8-18-11-13-3-2-4-14(17)15(13)16/h2-4,12,18H,5-11H2,1H3. The average molecular weight is 285 g/mol. The van der Waals surface area contributed by atoms with Crippen molar-refractivity contribution in [3.8, 4) is 0 Å². The number of halogens is 2. The van der Waals surface area contributed by atoms with Gasteiger partial charge >= 0.3 is 0 Å². The van der Waals surface area contributed by atoms with Crippen LogP contribution in [0, 0.1) is 11.7 Å². The van der Waals surface area contributed by atoms with E-state index in [0.717, 1.165) is 18.0 Å². The molecule has 0 amide bonds. The molecule has 2 nitrogen and oxygen atoms in total. The van der Waals surface area contributed by atoms with Gasteiger partial charge in [-0.15, -0.1) is 0 Å². The molecule has 0 atom stereocenters. The SMILES string of the molecule is CN1CCC(CCNCc2cccc(F)c2Cl)CC1. The molecule has 0 radical (unpaired) electrons. The van der Waals surface area contributed by atoms with Crippen molar-refractivity contribution in [3.05, 3.63) is 34.6 Å². The molecule has 1 fully saturated rings. The number of benzene rings is 1. The van der Waals surface area contributed by atoms with Crippen LogP contribution >= 0.6 is 11.6 Å². The van der Waals surface area contributed by atoms with Gasteiger partial charge in [0, 0.05) is 6.54 Å². The molecule has 19 heavy (non-hydrogen) atoms. The largest absolute Gasteiger partial charge is 0.313 e. The van der Waals surface area contributed by atoms with Gasteiger partial charge in [0.2, 0.25) is 0 Å². The third-order valence-corrected chi connectivity index (χ3v) is 4.34. The maximum atomic E-state index is 13.3. The highest BCUT2D eigenvalue weighted by Gasteiger charge is 2.15. The second kappa shape index (κ2) is 7.22. The molecule has 0 saturated carbocycles. The lowest BCUT2D eigenvalue weighted by Crippen LogP contribution is -2.31. The van der Waals surface area contributed by atoms with Gasteiger partial charge in [-0.25, -0.2) is 4.39 Å². The van der Waals surface area contributed by atoms with Crippen LogP contribution in [0.5, 0.6) is 0 Å². The van der Waals surface area contributed by atoms with E-state index in [1.54, 1.807) is 6.07 Å². The van der Waals surface area contributed by atoms with Crippen LogP contribution in [0.15, 0.2) is 18.2 Å². The Balaban J connectivity index is 1.68. The Morgan fingerprint density at radius 2 is 2.11 bits per heavy atom. The lowest BCUT2D eigenvalue weighted by Gasteiger charge is -2.28. The van der Waals surface area contributed by atoms with Gasteiger partial charge in [-0.2, -0.15) is 0 Å². The molecule has 1 N–H and O–H groups in total. The van der Waals surface area contributed by atoms with Crippen molar-refractivity contribution >= 4 is 11.6 Å². The normalized spacial score (nSPS) is 17.8. The van der Waals surface area contributed by atoms with E-state index in [0.29, 0.717) is 6.54 Å². The number of likely N-dealkylation sites (tertiary alicyclic amines) is 1. The fourth-order valence-electron chi connectivity index (χ4n) is 2.56. The second-order valence-corrected chi connectivity index (χ2v) is 5.80. The molecule has 1 aliphatic rings. The first-order valence-electron chi connectivity index (χ1n) is 6.99. The van der Waals surface area contributed by atoms with E-state index in [1.165, 1.54) is 38.4 Å². The maximum Gasteiger partial charge on any atom is 0.142 e. The quantitative estimate of drug-likeness (QED) is 0.835. The van der Waals surface area contributed by atoms with Gasteiger partial charge in [-0.05, 0) is 63.5 Å². The Hall–Kier alpha value is -0.640. The van der Waals surface area contributed by atoms with Crippen LogP contribution in [0.25, 0.3) is 0 Å². The minimum Gasteiger partial charge on any atom is -0.313 e. The molecule has 1 heterocycles. The van der Waals surface area contributed by atoms with Crippen LogP contribution in [-0.4, -0.2) is 31.6 Å². The minimum atomic E-state index is -0.337. The zero-order chi connectivity index (χ0) is 13.7. The van der Waals surface area contributed by atoms with E-state index >= 15 is 0 Å². The monoisotopic (exact) mass is 284 g/mol. The number of rotatable bonds is 5. The maximum absolute atomic E-state index is 13.3. The first kappa shape index (κ1) is 14.8. The van der Waals surface area contributed by atoms with E-state index in [4.69, 9.17) is 11.6 Å². The summed E-state index contributed by atoms with van der Waals surface area (Å²) in [5, 5.41) is 3.61. The van der Waals surface area contributed by atoms with Crippen LogP contribution in [0.2, 0.25) is 5.02 Å². The summed E-state index contributed by atoms with van der Waals surface area (Å²) in [5.74, 6) is 0.489. The van der Waals surface area contributed by atoms with Crippen LogP contribution in [0.1, 0.15) is 24.8 Å². The number of nitrogens with one attached hydrogen (secondary N) is 1. The van der Waals surface area contributed by atoms with Crippen LogP contribution in [-0.2, 0) is 6.54 Å².